The Bertz CT molecular complexity index is 117. The van der Waals surface area contributed by atoms with Crippen molar-refractivity contribution in [3.63, 3.8) is 0 Å². The summed E-state index contributed by atoms with van der Waals surface area (Å²) in [6.45, 7) is 9.75. The van der Waals surface area contributed by atoms with E-state index in [9.17, 15) is 0 Å². The van der Waals surface area contributed by atoms with Gasteiger partial charge in [-0.3, -0.25) is 0 Å². The minimum Gasteiger partial charge on any atom is -0.383 e. The summed E-state index contributed by atoms with van der Waals surface area (Å²) in [6, 6.07) is 0.483. The van der Waals surface area contributed by atoms with Crippen molar-refractivity contribution >= 4 is 0 Å². The first-order valence-corrected chi connectivity index (χ1v) is 4.57. The topological polar surface area (TPSA) is 21.3 Å². The Balaban J connectivity index is 3.54. The summed E-state index contributed by atoms with van der Waals surface area (Å²) in [4.78, 5) is 0. The highest BCUT2D eigenvalue weighted by atomic mass is 16.5. The van der Waals surface area contributed by atoms with Gasteiger partial charge in [0.1, 0.15) is 0 Å². The molecule has 0 spiro atoms. The molecule has 1 atom stereocenters. The van der Waals surface area contributed by atoms with Crippen molar-refractivity contribution in [3.8, 4) is 0 Å². The van der Waals surface area contributed by atoms with Crippen molar-refractivity contribution in [1.29, 1.82) is 0 Å². The van der Waals surface area contributed by atoms with E-state index in [1.807, 2.05) is 6.92 Å². The summed E-state index contributed by atoms with van der Waals surface area (Å²) in [5.74, 6) is 0. The molecule has 2 heteroatoms. The molecule has 1 N–H and O–H groups in total. The van der Waals surface area contributed by atoms with Crippen LogP contribution in [0.25, 0.3) is 0 Å². The fraction of sp³-hybridized carbons (Fsp3) is 0.800. The predicted octanol–water partition coefficient (Wildman–Crippen LogP) is 1.97. The van der Waals surface area contributed by atoms with Crippen molar-refractivity contribution in [3.05, 3.63) is 12.2 Å². The molecule has 0 aromatic rings. The maximum atomic E-state index is 5.10. The lowest BCUT2D eigenvalue weighted by molar-refractivity contribution is 0.163. The molecule has 72 valence electrons. The summed E-state index contributed by atoms with van der Waals surface area (Å²) < 4.78 is 5.10. The lowest BCUT2D eigenvalue weighted by Crippen LogP contribution is -2.34. The Morgan fingerprint density at radius 2 is 2.25 bits per heavy atom. The first-order valence-electron chi connectivity index (χ1n) is 4.57. The summed E-state index contributed by atoms with van der Waals surface area (Å²) in [7, 11) is 1.74. The van der Waals surface area contributed by atoms with E-state index in [-0.39, 0.29) is 0 Å². The molecule has 0 aliphatic rings. The highest BCUT2D eigenvalue weighted by molar-refractivity contribution is 4.91. The zero-order chi connectivity index (χ0) is 9.40. The van der Waals surface area contributed by atoms with Crippen molar-refractivity contribution in [2.45, 2.75) is 32.7 Å². The van der Waals surface area contributed by atoms with Crippen molar-refractivity contribution < 1.29 is 4.74 Å². The zero-order valence-electron chi connectivity index (χ0n) is 8.52. The van der Waals surface area contributed by atoms with Gasteiger partial charge in [0.15, 0.2) is 0 Å². The van der Waals surface area contributed by atoms with E-state index >= 15 is 0 Å². The highest BCUT2D eigenvalue weighted by Crippen LogP contribution is 1.97. The smallest absolute Gasteiger partial charge is 0.0615 e. The van der Waals surface area contributed by atoms with Gasteiger partial charge in [0, 0.05) is 19.7 Å². The molecule has 0 saturated heterocycles. The Hall–Kier alpha value is -0.340. The molecule has 0 fully saturated rings. The molecule has 0 aliphatic carbocycles. The van der Waals surface area contributed by atoms with Gasteiger partial charge < -0.3 is 10.1 Å². The summed E-state index contributed by atoms with van der Waals surface area (Å²) in [5.41, 5.74) is 1.17. The number of rotatable bonds is 7. The van der Waals surface area contributed by atoms with Crippen LogP contribution in [0.15, 0.2) is 12.2 Å². The third-order valence-electron chi connectivity index (χ3n) is 1.70. The van der Waals surface area contributed by atoms with E-state index < -0.39 is 0 Å². The number of hydrogen-bond acceptors (Lipinski definition) is 2. The monoisotopic (exact) mass is 171 g/mol. The molecule has 0 amide bonds. The molecule has 0 aromatic heterocycles. The van der Waals surface area contributed by atoms with Gasteiger partial charge in [0.2, 0.25) is 0 Å². The first-order chi connectivity index (χ1) is 5.70. The summed E-state index contributed by atoms with van der Waals surface area (Å²) >= 11 is 0. The average molecular weight is 171 g/mol. The van der Waals surface area contributed by atoms with Crippen molar-refractivity contribution in [1.82, 2.24) is 5.32 Å². The average Bonchev–Trinajstić information content (AvgIpc) is 2.01. The zero-order valence-corrected chi connectivity index (χ0v) is 8.52. The van der Waals surface area contributed by atoms with E-state index in [1.54, 1.807) is 7.11 Å². The van der Waals surface area contributed by atoms with Gasteiger partial charge >= 0.3 is 0 Å². The normalized spacial score (nSPS) is 12.9. The molecule has 2 nitrogen and oxygen atoms in total. The van der Waals surface area contributed by atoms with Crippen molar-refractivity contribution in [2.75, 3.05) is 20.3 Å². The van der Waals surface area contributed by atoms with E-state index in [4.69, 9.17) is 4.74 Å². The Morgan fingerprint density at radius 3 is 2.67 bits per heavy atom. The summed E-state index contributed by atoms with van der Waals surface area (Å²) in [5, 5.41) is 3.40. The largest absolute Gasteiger partial charge is 0.383 e. The molecule has 0 bridgehead atoms. The fourth-order valence-corrected chi connectivity index (χ4v) is 1.11. The number of methoxy groups -OCH3 is 1. The molecule has 0 heterocycles. The van der Waals surface area contributed by atoms with Gasteiger partial charge in [0.05, 0.1) is 6.61 Å². The van der Waals surface area contributed by atoms with Crippen LogP contribution in [0.1, 0.15) is 26.7 Å². The maximum Gasteiger partial charge on any atom is 0.0615 e. The molecule has 1 unspecified atom stereocenters. The first kappa shape index (κ1) is 11.7. The van der Waals surface area contributed by atoms with E-state index in [1.165, 1.54) is 18.4 Å². The quantitative estimate of drug-likeness (QED) is 0.591. The van der Waals surface area contributed by atoms with Crippen LogP contribution in [0.3, 0.4) is 0 Å². The molecular weight excluding hydrogens is 150 g/mol. The molecule has 0 rings (SSSR count). The lowest BCUT2D eigenvalue weighted by atomic mass is 10.1. The summed E-state index contributed by atoms with van der Waals surface area (Å²) in [6.07, 6.45) is 2.36. The van der Waals surface area contributed by atoms with Crippen LogP contribution in [0.5, 0.6) is 0 Å². The van der Waals surface area contributed by atoms with Crippen LogP contribution in [0, 0.1) is 0 Å². The molecular formula is C10H21NO. The number of hydrogen-bond donors (Lipinski definition) is 1. The Labute approximate surface area is 76.0 Å². The second kappa shape index (κ2) is 7.32. The Kier molecular flexibility index (Phi) is 7.11. The van der Waals surface area contributed by atoms with Gasteiger partial charge in [-0.15, -0.1) is 0 Å². The minimum absolute atomic E-state index is 0.483. The third kappa shape index (κ3) is 6.38. The standard InChI is InChI=1S/C10H21NO/c1-5-6-10(8-12-4)11-7-9(2)3/h10-11H,2,5-8H2,1,3-4H3. The van der Waals surface area contributed by atoms with Gasteiger partial charge in [-0.25, -0.2) is 0 Å². The fourth-order valence-electron chi connectivity index (χ4n) is 1.11. The predicted molar refractivity (Wildman–Crippen MR) is 53.4 cm³/mol. The Morgan fingerprint density at radius 1 is 1.58 bits per heavy atom. The molecule has 0 radical (unpaired) electrons. The number of ether oxygens (including phenoxy) is 1. The van der Waals surface area contributed by atoms with E-state index in [0.29, 0.717) is 6.04 Å². The molecule has 12 heavy (non-hydrogen) atoms. The van der Waals surface area contributed by atoms with Gasteiger partial charge in [-0.05, 0) is 13.3 Å². The lowest BCUT2D eigenvalue weighted by Gasteiger charge is -2.16. The maximum absolute atomic E-state index is 5.10. The van der Waals surface area contributed by atoms with Crippen LogP contribution in [-0.4, -0.2) is 26.3 Å². The van der Waals surface area contributed by atoms with Gasteiger partial charge in [-0.2, -0.15) is 0 Å². The SMILES string of the molecule is C=C(C)CNC(CCC)COC. The van der Waals surface area contributed by atoms with Crippen LogP contribution in [-0.2, 0) is 4.74 Å². The third-order valence-corrected chi connectivity index (χ3v) is 1.70. The van der Waals surface area contributed by atoms with Crippen LogP contribution in [0.4, 0.5) is 0 Å². The minimum atomic E-state index is 0.483. The van der Waals surface area contributed by atoms with Gasteiger partial charge in [0.25, 0.3) is 0 Å². The number of nitrogens with one attached hydrogen (secondary N) is 1. The molecule has 0 saturated carbocycles. The van der Waals surface area contributed by atoms with E-state index in [2.05, 4.69) is 18.8 Å². The van der Waals surface area contributed by atoms with Crippen LogP contribution < -0.4 is 5.32 Å². The van der Waals surface area contributed by atoms with Crippen molar-refractivity contribution in [2.24, 2.45) is 0 Å². The highest BCUT2D eigenvalue weighted by Gasteiger charge is 2.04. The van der Waals surface area contributed by atoms with E-state index in [0.717, 1.165) is 13.2 Å². The van der Waals surface area contributed by atoms with Gasteiger partial charge in [-0.1, -0.05) is 25.5 Å². The second-order valence-corrected chi connectivity index (χ2v) is 3.28. The second-order valence-electron chi connectivity index (χ2n) is 3.28. The van der Waals surface area contributed by atoms with Crippen LogP contribution >= 0.6 is 0 Å². The molecule has 0 aliphatic heterocycles. The molecule has 0 aromatic carbocycles. The van der Waals surface area contributed by atoms with Crippen LogP contribution in [0.2, 0.25) is 0 Å².